The van der Waals surface area contributed by atoms with E-state index in [9.17, 15) is 19.5 Å². The van der Waals surface area contributed by atoms with Crippen LogP contribution in [0.4, 0.5) is 5.69 Å². The highest BCUT2D eigenvalue weighted by Crippen LogP contribution is 2.20. The number of amides is 2. The average Bonchev–Trinajstić information content (AvgIpc) is 2.53. The van der Waals surface area contributed by atoms with E-state index < -0.39 is 11.9 Å². The monoisotopic (exact) mass is 301 g/mol. The van der Waals surface area contributed by atoms with E-state index >= 15 is 0 Å². The molecule has 0 radical (unpaired) electrons. The van der Waals surface area contributed by atoms with Gasteiger partial charge in [-0.1, -0.05) is 12.1 Å². The number of carboxylic acid groups (broad SMARTS) is 1. The highest BCUT2D eigenvalue weighted by Gasteiger charge is 2.20. The average molecular weight is 301 g/mol. The Morgan fingerprint density at radius 1 is 1.05 bits per heavy atom. The van der Waals surface area contributed by atoms with Gasteiger partial charge in [0.05, 0.1) is 17.2 Å². The Morgan fingerprint density at radius 2 is 1.73 bits per heavy atom. The first kappa shape index (κ1) is 15.8. The van der Waals surface area contributed by atoms with Gasteiger partial charge in [-0.05, 0) is 37.5 Å². The molecule has 1 N–H and O–H groups in total. The van der Waals surface area contributed by atoms with Gasteiger partial charge in [0, 0.05) is 19.2 Å². The molecule has 0 spiro atoms. The van der Waals surface area contributed by atoms with Crippen LogP contribution in [0.2, 0.25) is 0 Å². The molecule has 22 heavy (non-hydrogen) atoms. The minimum absolute atomic E-state index is 0.125. The Morgan fingerprint density at radius 3 is 2.41 bits per heavy atom. The highest BCUT2D eigenvalue weighted by molar-refractivity contribution is 6.07. The number of nitrogens with one attached hydrogen (secondary N) is 1. The molecular formula is C16H17N2O4-. The fourth-order valence-electron chi connectivity index (χ4n) is 2.36. The summed E-state index contributed by atoms with van der Waals surface area (Å²) >= 11 is 0. The van der Waals surface area contributed by atoms with E-state index in [1.807, 2.05) is 0 Å². The Bertz CT molecular complexity index is 604. The smallest absolute Gasteiger partial charge is 0.255 e. The van der Waals surface area contributed by atoms with Crippen molar-refractivity contribution in [3.05, 3.63) is 42.0 Å². The predicted octanol–water partition coefficient (Wildman–Crippen LogP) is 0.557. The molecule has 1 aliphatic heterocycles. The number of para-hydroxylation sites is 1. The van der Waals surface area contributed by atoms with Crippen molar-refractivity contribution in [2.45, 2.75) is 19.3 Å². The highest BCUT2D eigenvalue weighted by atomic mass is 16.4. The van der Waals surface area contributed by atoms with Gasteiger partial charge in [0.1, 0.15) is 0 Å². The predicted molar refractivity (Wildman–Crippen MR) is 79.0 cm³/mol. The lowest BCUT2D eigenvalue weighted by atomic mass is 10.1. The van der Waals surface area contributed by atoms with E-state index in [0.717, 1.165) is 25.3 Å². The third kappa shape index (κ3) is 4.18. The third-order valence-electron chi connectivity index (χ3n) is 3.43. The third-order valence-corrected chi connectivity index (χ3v) is 3.43. The Balaban J connectivity index is 2.14. The lowest BCUT2D eigenvalue weighted by Crippen LogP contribution is -2.36. The number of aliphatic carboxylic acids is 1. The number of nitrogens with zero attached hydrogens (tertiary/aromatic N) is 1. The van der Waals surface area contributed by atoms with Crippen molar-refractivity contribution in [1.82, 2.24) is 4.90 Å². The molecule has 2 amide bonds. The largest absolute Gasteiger partial charge is 0.545 e. The van der Waals surface area contributed by atoms with E-state index in [4.69, 9.17) is 0 Å². The topological polar surface area (TPSA) is 89.5 Å². The van der Waals surface area contributed by atoms with Crippen LogP contribution in [0.5, 0.6) is 0 Å². The second-order valence-electron chi connectivity index (χ2n) is 5.04. The van der Waals surface area contributed by atoms with Gasteiger partial charge in [-0.3, -0.25) is 9.59 Å². The molecule has 0 aliphatic carbocycles. The first-order valence-electron chi connectivity index (χ1n) is 7.16. The lowest BCUT2D eigenvalue weighted by molar-refractivity contribution is -0.297. The Hall–Kier alpha value is -2.63. The molecular weight excluding hydrogens is 284 g/mol. The summed E-state index contributed by atoms with van der Waals surface area (Å²) in [5.41, 5.74) is 0.769. The number of rotatable bonds is 4. The number of piperidine rings is 1. The summed E-state index contributed by atoms with van der Waals surface area (Å²) in [6, 6.07) is 6.69. The van der Waals surface area contributed by atoms with Gasteiger partial charge >= 0.3 is 0 Å². The van der Waals surface area contributed by atoms with Crippen LogP contribution in [0, 0.1) is 0 Å². The standard InChI is InChI=1S/C16H18N2O4/c19-14(8-9-15(20)21)17-13-7-3-2-6-12(13)16(22)18-10-4-1-5-11-18/h2-3,6-9H,1,4-5,10-11H2,(H,17,19)(H,20,21)/p-1/b9-8+. The fourth-order valence-corrected chi connectivity index (χ4v) is 2.36. The van der Waals surface area contributed by atoms with Gasteiger partial charge in [-0.2, -0.15) is 0 Å². The van der Waals surface area contributed by atoms with Crippen LogP contribution in [0.25, 0.3) is 0 Å². The van der Waals surface area contributed by atoms with Crippen molar-refractivity contribution in [3.63, 3.8) is 0 Å². The summed E-state index contributed by atoms with van der Waals surface area (Å²) in [5, 5.41) is 12.8. The van der Waals surface area contributed by atoms with Gasteiger partial charge in [0.25, 0.3) is 5.91 Å². The van der Waals surface area contributed by atoms with Crippen LogP contribution in [0.1, 0.15) is 29.6 Å². The van der Waals surface area contributed by atoms with Gasteiger partial charge in [0.2, 0.25) is 5.91 Å². The molecule has 1 aromatic carbocycles. The van der Waals surface area contributed by atoms with Crippen molar-refractivity contribution in [2.24, 2.45) is 0 Å². The molecule has 6 nitrogen and oxygen atoms in total. The SMILES string of the molecule is O=C([O-])/C=C/C(=O)Nc1ccccc1C(=O)N1CCCCC1. The van der Waals surface area contributed by atoms with Crippen LogP contribution in [-0.4, -0.2) is 35.8 Å². The number of likely N-dealkylation sites (tertiary alicyclic amines) is 1. The molecule has 0 atom stereocenters. The Kier molecular flexibility index (Phi) is 5.30. The van der Waals surface area contributed by atoms with E-state index in [1.54, 1.807) is 29.2 Å². The van der Waals surface area contributed by atoms with E-state index in [0.29, 0.717) is 30.4 Å². The number of anilines is 1. The van der Waals surface area contributed by atoms with Crippen LogP contribution in [-0.2, 0) is 9.59 Å². The number of carbonyl (C=O) groups is 3. The quantitative estimate of drug-likeness (QED) is 0.823. The normalized spacial score (nSPS) is 14.8. The maximum absolute atomic E-state index is 12.5. The van der Waals surface area contributed by atoms with E-state index in [2.05, 4.69) is 5.32 Å². The lowest BCUT2D eigenvalue weighted by Gasteiger charge is -2.27. The van der Waals surface area contributed by atoms with E-state index in [1.165, 1.54) is 0 Å². The molecule has 0 bridgehead atoms. The zero-order chi connectivity index (χ0) is 15.9. The number of benzene rings is 1. The van der Waals surface area contributed by atoms with Crippen LogP contribution in [0.3, 0.4) is 0 Å². The minimum atomic E-state index is -1.45. The van der Waals surface area contributed by atoms with Gasteiger partial charge in [-0.15, -0.1) is 0 Å². The first-order valence-corrected chi connectivity index (χ1v) is 7.16. The maximum atomic E-state index is 12.5. The van der Waals surface area contributed by atoms with Crippen LogP contribution >= 0.6 is 0 Å². The van der Waals surface area contributed by atoms with Crippen molar-refractivity contribution in [3.8, 4) is 0 Å². The molecule has 2 rings (SSSR count). The van der Waals surface area contributed by atoms with Crippen LogP contribution < -0.4 is 10.4 Å². The van der Waals surface area contributed by atoms with Crippen molar-refractivity contribution >= 4 is 23.5 Å². The molecule has 0 saturated carbocycles. The molecule has 116 valence electrons. The van der Waals surface area contributed by atoms with Gasteiger partial charge < -0.3 is 20.1 Å². The van der Waals surface area contributed by atoms with Crippen molar-refractivity contribution < 1.29 is 19.5 Å². The van der Waals surface area contributed by atoms with Crippen molar-refractivity contribution in [2.75, 3.05) is 18.4 Å². The summed E-state index contributed by atoms with van der Waals surface area (Å²) in [6.07, 6.45) is 4.58. The van der Waals surface area contributed by atoms with Crippen molar-refractivity contribution in [1.29, 1.82) is 0 Å². The molecule has 6 heteroatoms. The zero-order valence-corrected chi connectivity index (χ0v) is 12.1. The molecule has 1 heterocycles. The summed E-state index contributed by atoms with van der Waals surface area (Å²) in [6.45, 7) is 1.43. The Labute approximate surface area is 128 Å². The number of carboxylic acids is 1. The molecule has 1 fully saturated rings. The number of hydrogen-bond acceptors (Lipinski definition) is 4. The zero-order valence-electron chi connectivity index (χ0n) is 12.1. The molecule has 1 aromatic rings. The summed E-state index contributed by atoms with van der Waals surface area (Å²) in [4.78, 5) is 36.2. The maximum Gasteiger partial charge on any atom is 0.255 e. The second kappa shape index (κ2) is 7.40. The summed E-state index contributed by atoms with van der Waals surface area (Å²) in [7, 11) is 0. The fraction of sp³-hybridized carbons (Fsp3) is 0.312. The summed E-state index contributed by atoms with van der Waals surface area (Å²) < 4.78 is 0. The summed E-state index contributed by atoms with van der Waals surface area (Å²) in [5.74, 6) is -2.20. The molecule has 1 saturated heterocycles. The number of carbonyl (C=O) groups excluding carboxylic acids is 3. The van der Waals surface area contributed by atoms with E-state index in [-0.39, 0.29) is 5.91 Å². The molecule has 0 aromatic heterocycles. The molecule has 0 unspecified atom stereocenters. The van der Waals surface area contributed by atoms with Gasteiger partial charge in [0.15, 0.2) is 0 Å². The van der Waals surface area contributed by atoms with Gasteiger partial charge in [-0.25, -0.2) is 0 Å². The van der Waals surface area contributed by atoms with Crippen LogP contribution in [0.15, 0.2) is 36.4 Å². The second-order valence-corrected chi connectivity index (χ2v) is 5.04. The minimum Gasteiger partial charge on any atom is -0.545 e. The molecule has 1 aliphatic rings. The first-order chi connectivity index (χ1) is 10.6. The number of hydrogen-bond donors (Lipinski definition) is 1.